The number of hydrogen-bond donors (Lipinski definition) is 0. The van der Waals surface area contributed by atoms with E-state index in [1.807, 2.05) is 0 Å². The highest BCUT2D eigenvalue weighted by atomic mass is 15.1. The van der Waals surface area contributed by atoms with Crippen molar-refractivity contribution in [1.82, 2.24) is 0 Å². The minimum atomic E-state index is -0.0113. The van der Waals surface area contributed by atoms with E-state index >= 15 is 0 Å². The van der Waals surface area contributed by atoms with Crippen LogP contribution in [-0.4, -0.2) is 6.54 Å². The Bertz CT molecular complexity index is 3830. The van der Waals surface area contributed by atoms with E-state index in [0.29, 0.717) is 11.8 Å². The number of nitrogens with zero attached hydrogens (tertiary/aromatic N) is 1. The Morgan fingerprint density at radius 2 is 1.13 bits per heavy atom. The van der Waals surface area contributed by atoms with Crippen molar-refractivity contribution in [1.29, 1.82) is 0 Å². The predicted molar refractivity (Wildman–Crippen MR) is 387 cm³/mol. The normalized spacial score (nSPS) is 17.6. The Balaban J connectivity index is 0.867. The molecule has 2 unspecified atom stereocenters. The van der Waals surface area contributed by atoms with E-state index < -0.39 is 0 Å². The van der Waals surface area contributed by atoms with Gasteiger partial charge in [-0.2, -0.15) is 0 Å². The van der Waals surface area contributed by atoms with Gasteiger partial charge in [-0.3, -0.25) is 0 Å². The highest BCUT2D eigenvalue weighted by Gasteiger charge is 2.45. The minimum absolute atomic E-state index is 0.0113. The Hall–Kier alpha value is -8.26. The molecule has 452 valence electrons. The molecule has 0 radical (unpaired) electrons. The summed E-state index contributed by atoms with van der Waals surface area (Å²) in [5.41, 5.74) is 26.6. The SMILES string of the molecule is C\C=C/C=C\C=C\N(C/C=C\C=C/C)c1ccc2c(c1)C1(CCCCC1)C/C2=C\CC(C)C(C/C(C=C(C)C)=C/C)Cc1ccc(CC(=Cc2ccccc2)c2ccc3c(c2)C2(CCCCC2)c2cc(/C(=C\c4ccccc4)c4ccccc4)ccc2-3)cc1. The van der Waals surface area contributed by atoms with Crippen molar-refractivity contribution in [3.8, 4) is 11.1 Å². The highest BCUT2D eigenvalue weighted by molar-refractivity contribution is 5.94. The number of fused-ring (bicyclic) bond motifs is 7. The van der Waals surface area contributed by atoms with Gasteiger partial charge in [0.25, 0.3) is 0 Å². The lowest BCUT2D eigenvalue weighted by atomic mass is 9.67. The molecule has 2 atom stereocenters. The van der Waals surface area contributed by atoms with E-state index in [0.717, 1.165) is 38.6 Å². The van der Waals surface area contributed by atoms with E-state index in [-0.39, 0.29) is 10.8 Å². The highest BCUT2D eigenvalue weighted by Crippen LogP contribution is 2.58. The number of anilines is 1. The molecule has 7 aromatic rings. The Kier molecular flexibility index (Phi) is 20.9. The van der Waals surface area contributed by atoms with Gasteiger partial charge in [0.1, 0.15) is 0 Å². The Morgan fingerprint density at radius 1 is 0.539 bits per heavy atom. The molecule has 0 aromatic heterocycles. The van der Waals surface area contributed by atoms with Crippen LogP contribution in [0, 0.1) is 11.8 Å². The van der Waals surface area contributed by atoms with Crippen LogP contribution in [0.1, 0.15) is 186 Å². The zero-order valence-corrected chi connectivity index (χ0v) is 54.2. The zero-order valence-electron chi connectivity index (χ0n) is 54.2. The van der Waals surface area contributed by atoms with Crippen LogP contribution in [0.4, 0.5) is 5.69 Å². The van der Waals surface area contributed by atoms with Crippen molar-refractivity contribution in [2.75, 3.05) is 11.4 Å². The third-order valence-corrected chi connectivity index (χ3v) is 20.0. The molecule has 2 saturated carbocycles. The fraction of sp³-hybridized carbons (Fsp3) is 0.295. The smallest absolute Gasteiger partial charge is 0.0412 e. The standard InChI is InChI=1S/C88H95N/c1-7-10-12-14-31-55-89(54-30-13-11-8-2)79-46-49-80-76(65-87(84(80)64-79)50-26-18-27-51-87)43-38-67(6)77(57-68(9-3)56-66(4)5)58-71-39-41-72(42-40-71)60-78(59-69-32-20-15-21-33-69)74-44-47-81-82-48-45-75(63-86(82)88(85(81)62-74)52-28-19-29-53-88)83(73-36-24-17-25-37-73)61-70-34-22-16-23-35-70/h7-17,20-25,30-37,39-49,55-56,59,61-64,67,77H,18-19,26-29,38,50-54,57-58,60,65H2,1-6H3/b10-7-,11-8-,14-12-,30-13-,55-31+,68-9+,76-43+,78-59?,83-61-. The molecule has 89 heavy (non-hydrogen) atoms. The van der Waals surface area contributed by atoms with E-state index in [1.165, 1.54) is 159 Å². The second-order valence-corrected chi connectivity index (χ2v) is 26.4. The molecule has 0 aliphatic heterocycles. The molecule has 4 aliphatic rings. The van der Waals surface area contributed by atoms with Gasteiger partial charge in [-0.25, -0.2) is 0 Å². The van der Waals surface area contributed by atoms with Gasteiger partial charge in [0.2, 0.25) is 0 Å². The van der Waals surface area contributed by atoms with Crippen molar-refractivity contribution < 1.29 is 0 Å². The van der Waals surface area contributed by atoms with Gasteiger partial charge < -0.3 is 4.90 Å². The van der Waals surface area contributed by atoms with Crippen LogP contribution in [0.2, 0.25) is 0 Å². The van der Waals surface area contributed by atoms with Crippen LogP contribution in [0.5, 0.6) is 0 Å². The third-order valence-electron chi connectivity index (χ3n) is 20.0. The van der Waals surface area contributed by atoms with Crippen molar-refractivity contribution in [2.45, 2.75) is 149 Å². The monoisotopic (exact) mass is 1170 g/mol. The zero-order chi connectivity index (χ0) is 61.4. The molecule has 2 fully saturated rings. The predicted octanol–water partition coefficient (Wildman–Crippen LogP) is 24.1. The van der Waals surface area contributed by atoms with Crippen LogP contribution in [-0.2, 0) is 23.7 Å². The minimum Gasteiger partial charge on any atom is -0.344 e. The van der Waals surface area contributed by atoms with E-state index in [2.05, 4.69) is 308 Å². The molecule has 4 aliphatic carbocycles. The number of allylic oxidation sites excluding steroid dienone is 15. The van der Waals surface area contributed by atoms with Gasteiger partial charge >= 0.3 is 0 Å². The summed E-state index contributed by atoms with van der Waals surface area (Å²) in [4.78, 5) is 2.41. The van der Waals surface area contributed by atoms with Gasteiger partial charge in [-0.05, 0) is 230 Å². The lowest BCUT2D eigenvalue weighted by molar-refractivity contribution is 0.307. The molecule has 1 nitrogen and oxygen atoms in total. The van der Waals surface area contributed by atoms with Gasteiger partial charge in [0, 0.05) is 29.3 Å². The first-order valence-electron chi connectivity index (χ1n) is 33.8. The van der Waals surface area contributed by atoms with Crippen LogP contribution in [0.15, 0.2) is 260 Å². The number of benzene rings is 7. The molecular formula is C88H95N. The Labute approximate surface area is 535 Å². The largest absolute Gasteiger partial charge is 0.344 e. The fourth-order valence-electron chi connectivity index (χ4n) is 15.3. The fourth-order valence-corrected chi connectivity index (χ4v) is 15.3. The summed E-state index contributed by atoms with van der Waals surface area (Å²) in [5, 5.41) is 0. The first-order chi connectivity index (χ1) is 43.7. The van der Waals surface area contributed by atoms with Crippen molar-refractivity contribution in [3.05, 3.63) is 321 Å². The first-order valence-corrected chi connectivity index (χ1v) is 33.8. The molecule has 2 spiro atoms. The summed E-state index contributed by atoms with van der Waals surface area (Å²) >= 11 is 0. The van der Waals surface area contributed by atoms with E-state index in [9.17, 15) is 0 Å². The lowest BCUT2D eigenvalue weighted by Gasteiger charge is -2.36. The molecular weight excluding hydrogens is 1070 g/mol. The topological polar surface area (TPSA) is 3.24 Å². The molecule has 7 aromatic carbocycles. The molecule has 0 amide bonds. The summed E-state index contributed by atoms with van der Waals surface area (Å²) in [6, 6.07) is 65.0. The first kappa shape index (κ1) is 62.4. The van der Waals surface area contributed by atoms with Gasteiger partial charge in [-0.1, -0.05) is 275 Å². The van der Waals surface area contributed by atoms with Crippen molar-refractivity contribution >= 4 is 34.6 Å². The summed E-state index contributed by atoms with van der Waals surface area (Å²) in [6.07, 6.45) is 51.7. The van der Waals surface area contributed by atoms with Crippen LogP contribution < -0.4 is 4.90 Å². The summed E-state index contributed by atoms with van der Waals surface area (Å²) in [6.45, 7) is 14.2. The van der Waals surface area contributed by atoms with Crippen molar-refractivity contribution in [3.63, 3.8) is 0 Å². The van der Waals surface area contributed by atoms with E-state index in [1.54, 1.807) is 11.1 Å². The van der Waals surface area contributed by atoms with Gasteiger partial charge in [0.05, 0.1) is 0 Å². The molecule has 0 bridgehead atoms. The quantitative estimate of drug-likeness (QED) is 0.0483. The molecule has 11 rings (SSSR count). The second-order valence-electron chi connectivity index (χ2n) is 26.4. The molecule has 0 saturated heterocycles. The summed E-state index contributed by atoms with van der Waals surface area (Å²) in [7, 11) is 0. The summed E-state index contributed by atoms with van der Waals surface area (Å²) < 4.78 is 0. The number of hydrogen-bond acceptors (Lipinski definition) is 1. The third kappa shape index (κ3) is 14.9. The van der Waals surface area contributed by atoms with Crippen LogP contribution in [0.25, 0.3) is 40.0 Å². The van der Waals surface area contributed by atoms with E-state index in [4.69, 9.17) is 0 Å². The lowest BCUT2D eigenvalue weighted by Crippen LogP contribution is -2.28. The average Bonchev–Trinajstić information content (AvgIpc) is 1.61. The van der Waals surface area contributed by atoms with Crippen LogP contribution >= 0.6 is 0 Å². The second kappa shape index (κ2) is 29.8. The maximum absolute atomic E-state index is 2.68. The molecule has 0 N–H and O–H groups in total. The number of rotatable bonds is 22. The summed E-state index contributed by atoms with van der Waals surface area (Å²) in [5.74, 6) is 0.983. The maximum Gasteiger partial charge on any atom is 0.0412 e. The van der Waals surface area contributed by atoms with Crippen LogP contribution in [0.3, 0.4) is 0 Å². The molecule has 0 heterocycles. The van der Waals surface area contributed by atoms with Gasteiger partial charge in [-0.15, -0.1) is 0 Å². The van der Waals surface area contributed by atoms with Gasteiger partial charge in [0.15, 0.2) is 0 Å². The van der Waals surface area contributed by atoms with Crippen molar-refractivity contribution in [2.24, 2.45) is 11.8 Å². The average molecular weight is 1170 g/mol. The molecule has 1 heteroatoms. The maximum atomic E-state index is 2.68. The Morgan fingerprint density at radius 3 is 1.80 bits per heavy atom.